The molecule has 0 bridgehead atoms. The number of carbonyl (C=O) groups is 2. The third-order valence-corrected chi connectivity index (χ3v) is 6.18. The summed E-state index contributed by atoms with van der Waals surface area (Å²) in [5.41, 5.74) is 2.30. The average Bonchev–Trinajstić information content (AvgIpc) is 3.26. The van der Waals surface area contributed by atoms with Crippen LogP contribution in [0.5, 0.6) is 0 Å². The summed E-state index contributed by atoms with van der Waals surface area (Å²) in [5.74, 6) is 0.130. The predicted molar refractivity (Wildman–Crippen MR) is 107 cm³/mol. The number of amides is 2. The van der Waals surface area contributed by atoms with Crippen molar-refractivity contribution in [2.24, 2.45) is 0 Å². The van der Waals surface area contributed by atoms with Gasteiger partial charge < -0.3 is 15.0 Å². The van der Waals surface area contributed by atoms with Gasteiger partial charge in [0.2, 0.25) is 11.8 Å². The lowest BCUT2D eigenvalue weighted by Gasteiger charge is -2.39. The molecule has 0 radical (unpaired) electrons. The van der Waals surface area contributed by atoms with Gasteiger partial charge in [0.25, 0.3) is 0 Å². The number of nitrogens with zero attached hydrogens (tertiary/aromatic N) is 2. The van der Waals surface area contributed by atoms with Crippen LogP contribution in [0.15, 0.2) is 24.3 Å². The van der Waals surface area contributed by atoms with Crippen LogP contribution in [0.1, 0.15) is 49.3 Å². The monoisotopic (exact) mass is 385 g/mol. The second-order valence-corrected chi connectivity index (χ2v) is 8.15. The third-order valence-electron chi connectivity index (χ3n) is 6.18. The number of likely N-dealkylation sites (tertiary alicyclic amines) is 1. The summed E-state index contributed by atoms with van der Waals surface area (Å²) in [6, 6.07) is 7.84. The van der Waals surface area contributed by atoms with Crippen LogP contribution in [0.3, 0.4) is 0 Å². The highest BCUT2D eigenvalue weighted by Crippen LogP contribution is 2.32. The van der Waals surface area contributed by atoms with E-state index in [0.29, 0.717) is 6.54 Å². The number of nitrogens with one attached hydrogen (secondary N) is 1. The zero-order valence-electron chi connectivity index (χ0n) is 16.6. The van der Waals surface area contributed by atoms with Gasteiger partial charge in [-0.1, -0.05) is 24.3 Å². The van der Waals surface area contributed by atoms with Crippen molar-refractivity contribution >= 4 is 11.8 Å². The normalized spacial score (nSPS) is 25.4. The molecule has 2 fully saturated rings. The molecule has 0 aromatic heterocycles. The molecule has 1 N–H and O–H groups in total. The summed E-state index contributed by atoms with van der Waals surface area (Å²) < 4.78 is 5.59. The Morgan fingerprint density at radius 2 is 1.89 bits per heavy atom. The van der Waals surface area contributed by atoms with Crippen molar-refractivity contribution in [3.05, 3.63) is 35.4 Å². The first-order valence-electron chi connectivity index (χ1n) is 10.7. The molecule has 0 spiro atoms. The van der Waals surface area contributed by atoms with E-state index >= 15 is 0 Å². The number of benzene rings is 1. The Hall–Kier alpha value is -1.92. The quantitative estimate of drug-likeness (QED) is 0.841. The minimum atomic E-state index is -0.350. The maximum atomic E-state index is 13.4. The maximum absolute atomic E-state index is 13.4. The van der Waals surface area contributed by atoms with Crippen LogP contribution in [0.25, 0.3) is 0 Å². The molecule has 4 rings (SSSR count). The first kappa shape index (κ1) is 19.4. The Balaban J connectivity index is 1.46. The molecule has 3 heterocycles. The molecule has 2 saturated heterocycles. The van der Waals surface area contributed by atoms with Gasteiger partial charge in [-0.3, -0.25) is 14.5 Å². The van der Waals surface area contributed by atoms with E-state index in [1.165, 1.54) is 12.0 Å². The number of piperidine rings is 1. The number of hydrogen-bond donors (Lipinski definition) is 1. The molecule has 1 aromatic carbocycles. The van der Waals surface area contributed by atoms with E-state index in [-0.39, 0.29) is 30.5 Å². The van der Waals surface area contributed by atoms with Gasteiger partial charge in [0, 0.05) is 32.8 Å². The van der Waals surface area contributed by atoms with Crippen LogP contribution < -0.4 is 5.32 Å². The van der Waals surface area contributed by atoms with Crippen LogP contribution in [0, 0.1) is 0 Å². The molecule has 2 atom stereocenters. The van der Waals surface area contributed by atoms with Gasteiger partial charge in [-0.15, -0.1) is 0 Å². The van der Waals surface area contributed by atoms with Crippen LogP contribution in [0.4, 0.5) is 0 Å². The lowest BCUT2D eigenvalue weighted by molar-refractivity contribution is -0.139. The molecule has 1 aromatic rings. The Labute approximate surface area is 167 Å². The summed E-state index contributed by atoms with van der Waals surface area (Å²) in [4.78, 5) is 30.1. The van der Waals surface area contributed by atoms with Gasteiger partial charge in [0.05, 0.1) is 12.6 Å². The van der Waals surface area contributed by atoms with E-state index in [2.05, 4.69) is 22.3 Å². The largest absolute Gasteiger partial charge is 0.376 e. The van der Waals surface area contributed by atoms with Crippen LogP contribution in [0.2, 0.25) is 0 Å². The van der Waals surface area contributed by atoms with Crippen molar-refractivity contribution in [3.63, 3.8) is 0 Å². The SMILES string of the molecule is O=C(CN1CCc2ccccc2[C@H]1C(=O)N1CCCCC1)NC[C@@H]1CCCO1. The molecule has 2 amide bonds. The topological polar surface area (TPSA) is 61.9 Å². The Morgan fingerprint density at radius 1 is 1.07 bits per heavy atom. The molecule has 6 heteroatoms. The van der Waals surface area contributed by atoms with Gasteiger partial charge in [0.1, 0.15) is 6.04 Å². The molecular formula is C22H31N3O3. The second kappa shape index (κ2) is 9.05. The predicted octanol–water partition coefficient (Wildman–Crippen LogP) is 1.89. The minimum absolute atomic E-state index is 0.0219. The van der Waals surface area contributed by atoms with Crippen molar-refractivity contribution in [2.45, 2.75) is 50.7 Å². The van der Waals surface area contributed by atoms with Crippen molar-refractivity contribution in [1.82, 2.24) is 15.1 Å². The van der Waals surface area contributed by atoms with Gasteiger partial charge >= 0.3 is 0 Å². The van der Waals surface area contributed by atoms with E-state index in [9.17, 15) is 9.59 Å². The summed E-state index contributed by atoms with van der Waals surface area (Å²) in [7, 11) is 0. The highest BCUT2D eigenvalue weighted by atomic mass is 16.5. The highest BCUT2D eigenvalue weighted by molar-refractivity contribution is 5.85. The lowest BCUT2D eigenvalue weighted by Crippen LogP contribution is -2.50. The first-order chi connectivity index (χ1) is 13.7. The molecule has 6 nitrogen and oxygen atoms in total. The molecule has 152 valence electrons. The van der Waals surface area contributed by atoms with Gasteiger partial charge in [0.15, 0.2) is 0 Å². The molecule has 3 aliphatic heterocycles. The number of ether oxygens (including phenoxy) is 1. The minimum Gasteiger partial charge on any atom is -0.376 e. The molecule has 0 saturated carbocycles. The van der Waals surface area contributed by atoms with Crippen LogP contribution >= 0.6 is 0 Å². The van der Waals surface area contributed by atoms with E-state index in [4.69, 9.17) is 4.74 Å². The second-order valence-electron chi connectivity index (χ2n) is 8.15. The van der Waals surface area contributed by atoms with E-state index in [1.54, 1.807) is 0 Å². The van der Waals surface area contributed by atoms with Crippen LogP contribution in [-0.4, -0.2) is 67.0 Å². The third kappa shape index (κ3) is 4.39. The van der Waals surface area contributed by atoms with Crippen molar-refractivity contribution in [3.8, 4) is 0 Å². The van der Waals surface area contributed by atoms with Gasteiger partial charge in [-0.05, 0) is 49.7 Å². The van der Waals surface area contributed by atoms with E-state index < -0.39 is 0 Å². The molecule has 0 aliphatic carbocycles. The van der Waals surface area contributed by atoms with Gasteiger partial charge in [-0.25, -0.2) is 0 Å². The standard InChI is InChI=1S/C22H31N3O3/c26-20(23-15-18-8-6-14-28-18)16-25-13-10-17-7-2-3-9-19(17)21(25)22(27)24-11-4-1-5-12-24/h2-3,7,9,18,21H,1,4-6,8,10-16H2,(H,23,26)/t18-,21-/m0/s1. The molecule has 3 aliphatic rings. The summed E-state index contributed by atoms with van der Waals surface area (Å²) >= 11 is 0. The van der Waals surface area contributed by atoms with E-state index in [1.807, 2.05) is 17.0 Å². The Kier molecular flexibility index (Phi) is 6.27. The fraction of sp³-hybridized carbons (Fsp3) is 0.636. The average molecular weight is 386 g/mol. The Bertz CT molecular complexity index is 696. The zero-order chi connectivity index (χ0) is 19.3. The molecule has 28 heavy (non-hydrogen) atoms. The Morgan fingerprint density at radius 3 is 2.68 bits per heavy atom. The van der Waals surface area contributed by atoms with E-state index in [0.717, 1.165) is 63.9 Å². The van der Waals surface area contributed by atoms with Crippen LogP contribution in [-0.2, 0) is 20.7 Å². The number of rotatable bonds is 5. The molecular weight excluding hydrogens is 354 g/mol. The molecule has 0 unspecified atom stereocenters. The number of hydrogen-bond acceptors (Lipinski definition) is 4. The zero-order valence-corrected chi connectivity index (χ0v) is 16.6. The highest BCUT2D eigenvalue weighted by Gasteiger charge is 2.36. The first-order valence-corrected chi connectivity index (χ1v) is 10.7. The summed E-state index contributed by atoms with van der Waals surface area (Å²) in [6.45, 7) is 4.00. The lowest BCUT2D eigenvalue weighted by atomic mass is 9.91. The van der Waals surface area contributed by atoms with Gasteiger partial charge in [-0.2, -0.15) is 0 Å². The summed E-state index contributed by atoms with van der Waals surface area (Å²) in [6.07, 6.45) is 6.42. The number of fused-ring (bicyclic) bond motifs is 1. The smallest absolute Gasteiger partial charge is 0.244 e. The van der Waals surface area contributed by atoms with Crippen molar-refractivity contribution in [2.75, 3.05) is 39.3 Å². The maximum Gasteiger partial charge on any atom is 0.244 e. The summed E-state index contributed by atoms with van der Waals surface area (Å²) in [5, 5.41) is 3.00. The fourth-order valence-corrected chi connectivity index (χ4v) is 4.64. The van der Waals surface area contributed by atoms with Crippen molar-refractivity contribution < 1.29 is 14.3 Å². The van der Waals surface area contributed by atoms with Crippen molar-refractivity contribution in [1.29, 1.82) is 0 Å². The number of carbonyl (C=O) groups excluding carboxylic acids is 2. The fourth-order valence-electron chi connectivity index (χ4n) is 4.64.